The Kier molecular flexibility index (Phi) is 5.33. The first-order valence-electron chi connectivity index (χ1n) is 5.91. The van der Waals surface area contributed by atoms with Crippen molar-refractivity contribution in [3.8, 4) is 5.75 Å². The highest BCUT2D eigenvalue weighted by molar-refractivity contribution is 5.43. The number of hydrogen-bond donors (Lipinski definition) is 0. The van der Waals surface area contributed by atoms with Crippen LogP contribution in [0.3, 0.4) is 0 Å². The molecule has 0 N–H and O–H groups in total. The van der Waals surface area contributed by atoms with Crippen molar-refractivity contribution in [2.75, 3.05) is 20.3 Å². The third kappa shape index (κ3) is 3.53. The quantitative estimate of drug-likeness (QED) is 0.688. The zero-order valence-corrected chi connectivity index (χ0v) is 10.8. The zero-order valence-electron chi connectivity index (χ0n) is 10.8. The van der Waals surface area contributed by atoms with Gasteiger partial charge in [-0.05, 0) is 37.0 Å². The maximum absolute atomic E-state index is 5.79. The highest BCUT2D eigenvalue weighted by Gasteiger charge is 2.05. The summed E-state index contributed by atoms with van der Waals surface area (Å²) in [7, 11) is 1.71. The smallest absolute Gasteiger partial charge is 0.125 e. The van der Waals surface area contributed by atoms with Crippen LogP contribution in [0.4, 0.5) is 0 Å². The van der Waals surface area contributed by atoms with E-state index in [0.717, 1.165) is 31.8 Å². The van der Waals surface area contributed by atoms with E-state index in [1.807, 2.05) is 0 Å². The second kappa shape index (κ2) is 6.54. The molecule has 0 spiro atoms. The summed E-state index contributed by atoms with van der Waals surface area (Å²) >= 11 is 0. The van der Waals surface area contributed by atoms with Gasteiger partial charge in [0.25, 0.3) is 0 Å². The third-order valence-electron chi connectivity index (χ3n) is 2.67. The molecule has 0 unspecified atom stereocenters. The van der Waals surface area contributed by atoms with Crippen LogP contribution in [0, 0.1) is 13.8 Å². The van der Waals surface area contributed by atoms with Gasteiger partial charge in [0, 0.05) is 20.1 Å². The summed E-state index contributed by atoms with van der Waals surface area (Å²) in [5.74, 6) is 1.04. The Morgan fingerprint density at radius 3 is 2.19 bits per heavy atom. The molecular weight excluding hydrogens is 200 g/mol. The molecule has 0 radical (unpaired) electrons. The van der Waals surface area contributed by atoms with E-state index in [1.54, 1.807) is 7.11 Å². The summed E-state index contributed by atoms with van der Waals surface area (Å²) in [4.78, 5) is 0. The minimum absolute atomic E-state index is 0.723. The second-order valence-electron chi connectivity index (χ2n) is 4.11. The van der Waals surface area contributed by atoms with E-state index in [1.165, 1.54) is 16.7 Å². The Morgan fingerprint density at radius 2 is 1.69 bits per heavy atom. The fourth-order valence-corrected chi connectivity index (χ4v) is 1.85. The van der Waals surface area contributed by atoms with E-state index in [9.17, 15) is 0 Å². The molecule has 0 aliphatic heterocycles. The predicted molar refractivity (Wildman–Crippen MR) is 67.3 cm³/mol. The minimum Gasteiger partial charge on any atom is -0.493 e. The number of hydrogen-bond acceptors (Lipinski definition) is 2. The van der Waals surface area contributed by atoms with Crippen LogP contribution in [0.2, 0.25) is 0 Å². The van der Waals surface area contributed by atoms with Crippen LogP contribution < -0.4 is 4.74 Å². The van der Waals surface area contributed by atoms with Gasteiger partial charge in [0.1, 0.15) is 5.75 Å². The molecule has 0 aliphatic rings. The predicted octanol–water partition coefficient (Wildman–Crippen LogP) is 3.28. The SMILES string of the molecule is CCc1cc(C)c(OCCCOC)c(C)c1. The molecule has 0 aliphatic carbocycles. The van der Waals surface area contributed by atoms with Crippen molar-refractivity contribution >= 4 is 0 Å². The maximum Gasteiger partial charge on any atom is 0.125 e. The first-order chi connectivity index (χ1) is 7.69. The lowest BCUT2D eigenvalue weighted by atomic mass is 10.0. The number of benzene rings is 1. The van der Waals surface area contributed by atoms with Gasteiger partial charge in [0.05, 0.1) is 6.61 Å². The summed E-state index contributed by atoms with van der Waals surface area (Å²) in [6.45, 7) is 7.87. The molecule has 0 amide bonds. The molecule has 90 valence electrons. The normalized spacial score (nSPS) is 10.5. The monoisotopic (exact) mass is 222 g/mol. The molecule has 0 aromatic heterocycles. The minimum atomic E-state index is 0.723. The van der Waals surface area contributed by atoms with Gasteiger partial charge in [-0.25, -0.2) is 0 Å². The van der Waals surface area contributed by atoms with Crippen molar-refractivity contribution in [2.24, 2.45) is 0 Å². The van der Waals surface area contributed by atoms with Crippen LogP contribution in [0.25, 0.3) is 0 Å². The average Bonchev–Trinajstić information content (AvgIpc) is 2.26. The Balaban J connectivity index is 2.65. The molecular formula is C14H22O2. The molecule has 0 heterocycles. The summed E-state index contributed by atoms with van der Waals surface area (Å²) in [6, 6.07) is 4.41. The molecule has 1 aromatic rings. The van der Waals surface area contributed by atoms with Gasteiger partial charge in [-0.1, -0.05) is 19.1 Å². The lowest BCUT2D eigenvalue weighted by Crippen LogP contribution is -2.04. The average molecular weight is 222 g/mol. The Bertz CT molecular complexity index is 309. The van der Waals surface area contributed by atoms with Crippen molar-refractivity contribution in [3.63, 3.8) is 0 Å². The van der Waals surface area contributed by atoms with Crippen LogP contribution in [0.1, 0.15) is 30.0 Å². The summed E-state index contributed by atoms with van der Waals surface area (Å²) < 4.78 is 10.8. The van der Waals surface area contributed by atoms with E-state index in [-0.39, 0.29) is 0 Å². The zero-order chi connectivity index (χ0) is 12.0. The van der Waals surface area contributed by atoms with Crippen molar-refractivity contribution in [2.45, 2.75) is 33.6 Å². The Labute approximate surface area is 98.6 Å². The number of methoxy groups -OCH3 is 1. The van der Waals surface area contributed by atoms with Crippen LogP contribution in [-0.4, -0.2) is 20.3 Å². The van der Waals surface area contributed by atoms with Crippen LogP contribution in [0.5, 0.6) is 5.75 Å². The van der Waals surface area contributed by atoms with E-state index in [0.29, 0.717) is 0 Å². The fraction of sp³-hybridized carbons (Fsp3) is 0.571. The van der Waals surface area contributed by atoms with E-state index >= 15 is 0 Å². The fourth-order valence-electron chi connectivity index (χ4n) is 1.85. The number of ether oxygens (including phenoxy) is 2. The molecule has 0 saturated heterocycles. The third-order valence-corrected chi connectivity index (χ3v) is 2.67. The largest absolute Gasteiger partial charge is 0.493 e. The first-order valence-corrected chi connectivity index (χ1v) is 5.91. The molecule has 0 fully saturated rings. The second-order valence-corrected chi connectivity index (χ2v) is 4.11. The van der Waals surface area contributed by atoms with Gasteiger partial charge >= 0.3 is 0 Å². The number of aryl methyl sites for hydroxylation is 3. The highest BCUT2D eigenvalue weighted by atomic mass is 16.5. The molecule has 2 nitrogen and oxygen atoms in total. The van der Waals surface area contributed by atoms with Gasteiger partial charge in [0.15, 0.2) is 0 Å². The first kappa shape index (κ1) is 13.0. The van der Waals surface area contributed by atoms with Crippen molar-refractivity contribution in [1.82, 2.24) is 0 Å². The summed E-state index contributed by atoms with van der Waals surface area (Å²) in [5, 5.41) is 0. The lowest BCUT2D eigenvalue weighted by molar-refractivity contribution is 0.171. The topological polar surface area (TPSA) is 18.5 Å². The van der Waals surface area contributed by atoms with Crippen molar-refractivity contribution in [3.05, 3.63) is 28.8 Å². The van der Waals surface area contributed by atoms with Gasteiger partial charge in [-0.3, -0.25) is 0 Å². The molecule has 16 heavy (non-hydrogen) atoms. The van der Waals surface area contributed by atoms with Gasteiger partial charge in [0.2, 0.25) is 0 Å². The maximum atomic E-state index is 5.79. The van der Waals surface area contributed by atoms with Crippen LogP contribution >= 0.6 is 0 Å². The van der Waals surface area contributed by atoms with Crippen LogP contribution in [-0.2, 0) is 11.2 Å². The van der Waals surface area contributed by atoms with Gasteiger partial charge in [-0.2, -0.15) is 0 Å². The molecule has 1 aromatic carbocycles. The van der Waals surface area contributed by atoms with E-state index < -0.39 is 0 Å². The summed E-state index contributed by atoms with van der Waals surface area (Å²) in [5.41, 5.74) is 3.84. The molecule has 0 atom stereocenters. The molecule has 2 heteroatoms. The highest BCUT2D eigenvalue weighted by Crippen LogP contribution is 2.25. The van der Waals surface area contributed by atoms with Crippen molar-refractivity contribution in [1.29, 1.82) is 0 Å². The van der Waals surface area contributed by atoms with Gasteiger partial charge < -0.3 is 9.47 Å². The van der Waals surface area contributed by atoms with Crippen molar-refractivity contribution < 1.29 is 9.47 Å². The molecule has 1 rings (SSSR count). The molecule has 0 bridgehead atoms. The number of rotatable bonds is 6. The Hall–Kier alpha value is -1.02. The molecule has 0 saturated carbocycles. The van der Waals surface area contributed by atoms with Crippen LogP contribution in [0.15, 0.2) is 12.1 Å². The summed E-state index contributed by atoms with van der Waals surface area (Å²) in [6.07, 6.45) is 2.01. The lowest BCUT2D eigenvalue weighted by Gasteiger charge is -2.13. The Morgan fingerprint density at radius 1 is 1.06 bits per heavy atom. The van der Waals surface area contributed by atoms with E-state index in [4.69, 9.17) is 9.47 Å². The standard InChI is InChI=1S/C14H22O2/c1-5-13-9-11(2)14(12(3)10-13)16-8-6-7-15-4/h9-10H,5-8H2,1-4H3. The van der Waals surface area contributed by atoms with E-state index in [2.05, 4.69) is 32.9 Å². The van der Waals surface area contributed by atoms with Gasteiger partial charge in [-0.15, -0.1) is 0 Å².